The van der Waals surface area contributed by atoms with Gasteiger partial charge < -0.3 is 14.2 Å². The van der Waals surface area contributed by atoms with Gasteiger partial charge in [0.05, 0.1) is 6.42 Å². The first-order valence-corrected chi connectivity index (χ1v) is 24.9. The SMILES string of the molecule is CC/C=C\C/C=C\C/C=C\CCCCCCC(=O)OC(COC(=O)C/C=C\C/C=C\C/C=C\CC)COC(=O)CCCCCCCCCCCCCCCCCCCCC. The quantitative estimate of drug-likeness (QED) is 0.0263. The molecule has 6 heteroatoms. The first kappa shape index (κ1) is 56.9. The second-order valence-electron chi connectivity index (χ2n) is 16.3. The Morgan fingerprint density at radius 2 is 0.717 bits per heavy atom. The van der Waals surface area contributed by atoms with Crippen LogP contribution < -0.4 is 0 Å². The molecule has 0 aliphatic rings. The zero-order valence-electron chi connectivity index (χ0n) is 39.2. The predicted molar refractivity (Wildman–Crippen MR) is 256 cm³/mol. The van der Waals surface area contributed by atoms with Crippen molar-refractivity contribution in [2.45, 2.75) is 239 Å². The highest BCUT2D eigenvalue weighted by Crippen LogP contribution is 2.15. The molecule has 60 heavy (non-hydrogen) atoms. The molecule has 0 heterocycles. The van der Waals surface area contributed by atoms with Crippen molar-refractivity contribution in [1.82, 2.24) is 0 Å². The van der Waals surface area contributed by atoms with Crippen LogP contribution in [0, 0.1) is 0 Å². The van der Waals surface area contributed by atoms with E-state index in [1.54, 1.807) is 6.08 Å². The fourth-order valence-electron chi connectivity index (χ4n) is 6.81. The van der Waals surface area contributed by atoms with Crippen molar-refractivity contribution in [2.24, 2.45) is 0 Å². The lowest BCUT2D eigenvalue weighted by atomic mass is 10.0. The highest BCUT2D eigenvalue weighted by molar-refractivity contribution is 5.72. The van der Waals surface area contributed by atoms with E-state index in [1.807, 2.05) is 6.08 Å². The van der Waals surface area contributed by atoms with Crippen LogP contribution in [0.4, 0.5) is 0 Å². The first-order valence-electron chi connectivity index (χ1n) is 24.9. The molecule has 0 amide bonds. The molecule has 0 aromatic heterocycles. The lowest BCUT2D eigenvalue weighted by molar-refractivity contribution is -0.166. The third-order valence-electron chi connectivity index (χ3n) is 10.5. The Balaban J connectivity index is 4.35. The standard InChI is InChI=1S/C54H92O6/c1-4-7-10-13-16-19-21-23-25-26-27-28-29-31-32-35-38-41-44-47-53(56)59-50-51(49-58-52(55)46-43-40-37-34-18-15-12-9-6-3)60-54(57)48-45-42-39-36-33-30-24-22-20-17-14-11-8-5-2/h8-9,11-12,17-18,20,24,30,34,40,43,51H,4-7,10,13-16,19,21-23,25-29,31-33,35-39,41-42,44-50H2,1-3H3/b11-8-,12-9-,20-17-,30-24-,34-18-,43-40-. The van der Waals surface area contributed by atoms with E-state index in [2.05, 4.69) is 81.5 Å². The number of carbonyl (C=O) groups excluding carboxylic acids is 3. The topological polar surface area (TPSA) is 78.9 Å². The average molecular weight is 837 g/mol. The molecule has 344 valence electrons. The van der Waals surface area contributed by atoms with Crippen molar-refractivity contribution in [3.8, 4) is 0 Å². The second kappa shape index (κ2) is 48.5. The Kier molecular flexibility index (Phi) is 46.0. The van der Waals surface area contributed by atoms with E-state index in [0.717, 1.165) is 89.9 Å². The van der Waals surface area contributed by atoms with Crippen LogP contribution in [0.5, 0.6) is 0 Å². The molecule has 0 bridgehead atoms. The van der Waals surface area contributed by atoms with Gasteiger partial charge in [-0.15, -0.1) is 0 Å². The van der Waals surface area contributed by atoms with Crippen molar-refractivity contribution in [3.05, 3.63) is 72.9 Å². The van der Waals surface area contributed by atoms with Gasteiger partial charge in [0.2, 0.25) is 0 Å². The third kappa shape index (κ3) is 45.9. The fourth-order valence-corrected chi connectivity index (χ4v) is 6.81. The number of esters is 3. The molecule has 1 unspecified atom stereocenters. The number of ether oxygens (including phenoxy) is 3. The van der Waals surface area contributed by atoms with Crippen molar-refractivity contribution >= 4 is 17.9 Å². The molecule has 0 rings (SSSR count). The van der Waals surface area contributed by atoms with Gasteiger partial charge >= 0.3 is 17.9 Å². The number of unbranched alkanes of at least 4 members (excludes halogenated alkanes) is 22. The van der Waals surface area contributed by atoms with E-state index in [4.69, 9.17) is 14.2 Å². The maximum Gasteiger partial charge on any atom is 0.309 e. The van der Waals surface area contributed by atoms with Gasteiger partial charge in [0.1, 0.15) is 13.2 Å². The van der Waals surface area contributed by atoms with Gasteiger partial charge in [-0.2, -0.15) is 0 Å². The molecular formula is C54H92O6. The van der Waals surface area contributed by atoms with Crippen LogP contribution in [0.25, 0.3) is 0 Å². The van der Waals surface area contributed by atoms with Gasteiger partial charge in [-0.25, -0.2) is 0 Å². The highest BCUT2D eigenvalue weighted by Gasteiger charge is 2.19. The summed E-state index contributed by atoms with van der Waals surface area (Å²) in [6.07, 6.45) is 60.7. The van der Waals surface area contributed by atoms with Crippen molar-refractivity contribution in [2.75, 3.05) is 13.2 Å². The summed E-state index contributed by atoms with van der Waals surface area (Å²) >= 11 is 0. The van der Waals surface area contributed by atoms with E-state index >= 15 is 0 Å². The monoisotopic (exact) mass is 837 g/mol. The molecule has 6 nitrogen and oxygen atoms in total. The summed E-state index contributed by atoms with van der Waals surface area (Å²) in [5.74, 6) is -1.06. The van der Waals surface area contributed by atoms with Gasteiger partial charge in [0.25, 0.3) is 0 Å². The normalized spacial score (nSPS) is 12.7. The minimum absolute atomic E-state index is 0.110. The lowest BCUT2D eigenvalue weighted by Crippen LogP contribution is -2.30. The molecule has 0 aromatic rings. The van der Waals surface area contributed by atoms with E-state index in [0.29, 0.717) is 6.42 Å². The van der Waals surface area contributed by atoms with Crippen LogP contribution in [0.1, 0.15) is 233 Å². The average Bonchev–Trinajstić information content (AvgIpc) is 3.24. The number of rotatable bonds is 44. The van der Waals surface area contributed by atoms with Crippen molar-refractivity contribution in [3.63, 3.8) is 0 Å². The van der Waals surface area contributed by atoms with Crippen LogP contribution in [-0.2, 0) is 28.6 Å². The zero-order chi connectivity index (χ0) is 43.7. The first-order chi connectivity index (χ1) is 29.5. The van der Waals surface area contributed by atoms with Gasteiger partial charge in [-0.3, -0.25) is 14.4 Å². The maximum absolute atomic E-state index is 12.7. The molecular weight excluding hydrogens is 745 g/mol. The molecule has 0 aromatic carbocycles. The molecule has 0 aliphatic carbocycles. The Morgan fingerprint density at radius 1 is 0.367 bits per heavy atom. The molecule has 0 radical (unpaired) electrons. The van der Waals surface area contributed by atoms with Crippen LogP contribution >= 0.6 is 0 Å². The van der Waals surface area contributed by atoms with Crippen LogP contribution in [0.15, 0.2) is 72.9 Å². The molecule has 0 saturated carbocycles. The largest absolute Gasteiger partial charge is 0.462 e. The Labute approximate surface area is 370 Å². The minimum atomic E-state index is -0.819. The number of hydrogen-bond donors (Lipinski definition) is 0. The van der Waals surface area contributed by atoms with E-state index in [9.17, 15) is 14.4 Å². The summed E-state index contributed by atoms with van der Waals surface area (Å²) in [4.78, 5) is 37.7. The zero-order valence-corrected chi connectivity index (χ0v) is 39.2. The Bertz CT molecular complexity index is 1140. The number of hydrogen-bond acceptors (Lipinski definition) is 6. The molecule has 0 spiro atoms. The van der Waals surface area contributed by atoms with Crippen LogP contribution in [0.3, 0.4) is 0 Å². The predicted octanol–water partition coefficient (Wildman–Crippen LogP) is 16.3. The van der Waals surface area contributed by atoms with Gasteiger partial charge in [0.15, 0.2) is 6.10 Å². The third-order valence-corrected chi connectivity index (χ3v) is 10.5. The van der Waals surface area contributed by atoms with E-state index in [1.165, 1.54) is 103 Å². The molecule has 0 fully saturated rings. The summed E-state index contributed by atoms with van der Waals surface area (Å²) in [5.41, 5.74) is 0. The van der Waals surface area contributed by atoms with Crippen LogP contribution in [0.2, 0.25) is 0 Å². The second-order valence-corrected chi connectivity index (χ2v) is 16.3. The summed E-state index contributed by atoms with van der Waals surface area (Å²) in [7, 11) is 0. The Hall–Kier alpha value is -3.15. The van der Waals surface area contributed by atoms with Gasteiger partial charge in [-0.1, -0.05) is 222 Å². The highest BCUT2D eigenvalue weighted by atomic mass is 16.6. The van der Waals surface area contributed by atoms with Gasteiger partial charge in [-0.05, 0) is 64.2 Å². The fraction of sp³-hybridized carbons (Fsp3) is 0.722. The van der Waals surface area contributed by atoms with Crippen molar-refractivity contribution < 1.29 is 28.6 Å². The summed E-state index contributed by atoms with van der Waals surface area (Å²) in [6, 6.07) is 0. The number of carbonyl (C=O) groups is 3. The summed E-state index contributed by atoms with van der Waals surface area (Å²) in [5, 5.41) is 0. The molecule has 0 saturated heterocycles. The smallest absolute Gasteiger partial charge is 0.309 e. The minimum Gasteiger partial charge on any atom is -0.462 e. The van der Waals surface area contributed by atoms with E-state index < -0.39 is 12.1 Å². The van der Waals surface area contributed by atoms with Crippen molar-refractivity contribution in [1.29, 1.82) is 0 Å². The molecule has 0 N–H and O–H groups in total. The molecule has 0 aliphatic heterocycles. The summed E-state index contributed by atoms with van der Waals surface area (Å²) in [6.45, 7) is 6.29. The lowest BCUT2D eigenvalue weighted by Gasteiger charge is -2.18. The Morgan fingerprint density at radius 3 is 1.17 bits per heavy atom. The van der Waals surface area contributed by atoms with E-state index in [-0.39, 0.29) is 38.0 Å². The van der Waals surface area contributed by atoms with Gasteiger partial charge in [0, 0.05) is 12.8 Å². The molecule has 1 atom stereocenters. The maximum atomic E-state index is 12.7. The van der Waals surface area contributed by atoms with Crippen LogP contribution in [-0.4, -0.2) is 37.2 Å². The summed E-state index contributed by atoms with van der Waals surface area (Å²) < 4.78 is 16.6. The number of allylic oxidation sites excluding steroid dienone is 11.